The molecule has 0 aliphatic heterocycles. The molecule has 28 heavy (non-hydrogen) atoms. The Hall–Kier alpha value is -3.31. The lowest BCUT2D eigenvalue weighted by Gasteiger charge is -2.09. The van der Waals surface area contributed by atoms with Crippen LogP contribution < -0.4 is 15.4 Å². The van der Waals surface area contributed by atoms with Gasteiger partial charge in [-0.05, 0) is 61.0 Å². The predicted octanol–water partition coefficient (Wildman–Crippen LogP) is 4.81. The lowest BCUT2D eigenvalue weighted by molar-refractivity contribution is -0.115. The van der Waals surface area contributed by atoms with Gasteiger partial charge in [0.05, 0.1) is 17.1 Å². The van der Waals surface area contributed by atoms with Crippen molar-refractivity contribution in [2.24, 2.45) is 0 Å². The van der Waals surface area contributed by atoms with Crippen molar-refractivity contribution in [2.45, 2.75) is 6.92 Å². The Kier molecular flexibility index (Phi) is 6.29. The van der Waals surface area contributed by atoms with Crippen molar-refractivity contribution in [1.29, 1.82) is 0 Å². The molecule has 0 spiro atoms. The second-order valence-electron chi connectivity index (χ2n) is 6.15. The minimum Gasteiger partial charge on any atom is -0.457 e. The van der Waals surface area contributed by atoms with Gasteiger partial charge in [0.15, 0.2) is 0 Å². The van der Waals surface area contributed by atoms with Crippen LogP contribution in [-0.4, -0.2) is 18.4 Å². The molecule has 0 unspecified atom stereocenters. The first-order valence-corrected chi connectivity index (χ1v) is 9.06. The van der Waals surface area contributed by atoms with Gasteiger partial charge in [0, 0.05) is 5.69 Å². The largest absolute Gasteiger partial charge is 0.457 e. The topological polar surface area (TPSA) is 67.4 Å². The summed E-state index contributed by atoms with van der Waals surface area (Å²) in [6.45, 7) is 1.83. The third-order valence-corrected chi connectivity index (χ3v) is 4.22. The molecule has 0 fully saturated rings. The van der Waals surface area contributed by atoms with Crippen LogP contribution in [0.25, 0.3) is 0 Å². The van der Waals surface area contributed by atoms with E-state index in [0.717, 1.165) is 11.3 Å². The number of halogens is 1. The second-order valence-corrected chi connectivity index (χ2v) is 6.56. The number of hydrogen-bond donors (Lipinski definition) is 2. The van der Waals surface area contributed by atoms with Gasteiger partial charge in [-0.1, -0.05) is 35.9 Å². The van der Waals surface area contributed by atoms with Gasteiger partial charge in [-0.3, -0.25) is 9.59 Å². The SMILES string of the molecule is Cc1cccc(Oc2ccc(NC(=O)CNC(=O)c3ccccc3Cl)cc2)c1. The quantitative estimate of drug-likeness (QED) is 0.630. The van der Waals surface area contributed by atoms with Crippen molar-refractivity contribution >= 4 is 29.1 Å². The van der Waals surface area contributed by atoms with Crippen LogP contribution >= 0.6 is 11.6 Å². The molecule has 0 saturated heterocycles. The number of amides is 2. The Morgan fingerprint density at radius 3 is 2.39 bits per heavy atom. The summed E-state index contributed by atoms with van der Waals surface area (Å²) in [6, 6.07) is 21.4. The highest BCUT2D eigenvalue weighted by molar-refractivity contribution is 6.33. The minimum absolute atomic E-state index is 0.161. The summed E-state index contributed by atoms with van der Waals surface area (Å²) in [5, 5.41) is 5.61. The number of rotatable bonds is 6. The molecule has 3 rings (SSSR count). The van der Waals surface area contributed by atoms with Crippen LogP contribution in [0, 0.1) is 6.92 Å². The first-order valence-electron chi connectivity index (χ1n) is 8.68. The Bertz CT molecular complexity index is 987. The molecule has 0 saturated carbocycles. The van der Waals surface area contributed by atoms with Crippen LogP contribution in [0.5, 0.6) is 11.5 Å². The molecular formula is C22H19ClN2O3. The van der Waals surface area contributed by atoms with E-state index in [0.29, 0.717) is 22.0 Å². The number of hydrogen-bond acceptors (Lipinski definition) is 3. The Morgan fingerprint density at radius 2 is 1.68 bits per heavy atom. The number of ether oxygens (including phenoxy) is 1. The second kappa shape index (κ2) is 9.06. The van der Waals surface area contributed by atoms with Crippen LogP contribution in [0.15, 0.2) is 72.8 Å². The van der Waals surface area contributed by atoms with E-state index in [1.54, 1.807) is 48.5 Å². The van der Waals surface area contributed by atoms with Crippen LogP contribution in [0.3, 0.4) is 0 Å². The molecule has 3 aromatic rings. The summed E-state index contributed by atoms with van der Waals surface area (Å²) in [6.07, 6.45) is 0. The number of anilines is 1. The maximum absolute atomic E-state index is 12.1. The molecule has 6 heteroatoms. The highest BCUT2D eigenvalue weighted by Gasteiger charge is 2.11. The lowest BCUT2D eigenvalue weighted by atomic mass is 10.2. The van der Waals surface area contributed by atoms with E-state index < -0.39 is 5.91 Å². The normalized spacial score (nSPS) is 10.2. The van der Waals surface area contributed by atoms with Gasteiger partial charge in [-0.15, -0.1) is 0 Å². The molecule has 0 radical (unpaired) electrons. The zero-order valence-corrected chi connectivity index (χ0v) is 16.0. The predicted molar refractivity (Wildman–Crippen MR) is 110 cm³/mol. The van der Waals surface area contributed by atoms with Crippen molar-refractivity contribution < 1.29 is 14.3 Å². The molecule has 0 bridgehead atoms. The molecule has 142 valence electrons. The zero-order valence-electron chi connectivity index (χ0n) is 15.2. The molecule has 2 N–H and O–H groups in total. The Morgan fingerprint density at radius 1 is 0.929 bits per heavy atom. The maximum Gasteiger partial charge on any atom is 0.253 e. The van der Waals surface area contributed by atoms with Crippen LogP contribution in [-0.2, 0) is 4.79 Å². The molecule has 5 nitrogen and oxygen atoms in total. The van der Waals surface area contributed by atoms with Crippen molar-refractivity contribution in [3.63, 3.8) is 0 Å². The van der Waals surface area contributed by atoms with Gasteiger partial charge in [0.1, 0.15) is 11.5 Å². The fourth-order valence-corrected chi connectivity index (χ4v) is 2.75. The number of carbonyl (C=O) groups is 2. The molecule has 0 aliphatic carbocycles. The lowest BCUT2D eigenvalue weighted by Crippen LogP contribution is -2.32. The van der Waals surface area contributed by atoms with Crippen molar-refractivity contribution in [3.8, 4) is 11.5 Å². The fraction of sp³-hybridized carbons (Fsp3) is 0.0909. The smallest absolute Gasteiger partial charge is 0.253 e. The number of aryl methyl sites for hydroxylation is 1. The Balaban J connectivity index is 1.51. The number of benzene rings is 3. The molecule has 0 heterocycles. The van der Waals surface area contributed by atoms with Crippen molar-refractivity contribution in [1.82, 2.24) is 5.32 Å². The summed E-state index contributed by atoms with van der Waals surface area (Å²) >= 11 is 5.97. The third-order valence-electron chi connectivity index (χ3n) is 3.89. The van der Waals surface area contributed by atoms with Crippen LogP contribution in [0.2, 0.25) is 5.02 Å². The van der Waals surface area contributed by atoms with Gasteiger partial charge in [-0.2, -0.15) is 0 Å². The van der Waals surface area contributed by atoms with E-state index in [1.165, 1.54) is 0 Å². The van der Waals surface area contributed by atoms with Gasteiger partial charge in [0.25, 0.3) is 5.91 Å². The molecule has 0 atom stereocenters. The van der Waals surface area contributed by atoms with E-state index >= 15 is 0 Å². The molecule has 3 aromatic carbocycles. The van der Waals surface area contributed by atoms with E-state index in [1.807, 2.05) is 31.2 Å². The molecule has 0 aromatic heterocycles. The van der Waals surface area contributed by atoms with E-state index in [4.69, 9.17) is 16.3 Å². The summed E-state index contributed by atoms with van der Waals surface area (Å²) in [5.41, 5.74) is 2.04. The van der Waals surface area contributed by atoms with Crippen molar-refractivity contribution in [3.05, 3.63) is 88.9 Å². The van der Waals surface area contributed by atoms with E-state index in [9.17, 15) is 9.59 Å². The van der Waals surface area contributed by atoms with Gasteiger partial charge in [0.2, 0.25) is 5.91 Å². The van der Waals surface area contributed by atoms with Crippen molar-refractivity contribution in [2.75, 3.05) is 11.9 Å². The fourth-order valence-electron chi connectivity index (χ4n) is 2.53. The third kappa shape index (κ3) is 5.34. The van der Waals surface area contributed by atoms with Crippen LogP contribution in [0.1, 0.15) is 15.9 Å². The van der Waals surface area contributed by atoms with Gasteiger partial charge in [-0.25, -0.2) is 0 Å². The minimum atomic E-state index is -0.400. The van der Waals surface area contributed by atoms with Gasteiger partial charge >= 0.3 is 0 Å². The monoisotopic (exact) mass is 394 g/mol. The van der Waals surface area contributed by atoms with Gasteiger partial charge < -0.3 is 15.4 Å². The maximum atomic E-state index is 12.1. The molecule has 2 amide bonds. The Labute approximate surface area is 168 Å². The summed E-state index contributed by atoms with van der Waals surface area (Å²) < 4.78 is 5.78. The first kappa shape index (κ1) is 19.5. The summed E-state index contributed by atoms with van der Waals surface area (Å²) in [5.74, 6) is 0.671. The first-order chi connectivity index (χ1) is 13.5. The van der Waals surface area contributed by atoms with E-state index in [2.05, 4.69) is 10.6 Å². The summed E-state index contributed by atoms with van der Waals surface area (Å²) in [7, 11) is 0. The zero-order chi connectivity index (χ0) is 19.9. The highest BCUT2D eigenvalue weighted by atomic mass is 35.5. The number of nitrogens with one attached hydrogen (secondary N) is 2. The van der Waals surface area contributed by atoms with Crippen LogP contribution in [0.4, 0.5) is 5.69 Å². The highest BCUT2D eigenvalue weighted by Crippen LogP contribution is 2.23. The van der Waals surface area contributed by atoms with E-state index in [-0.39, 0.29) is 12.5 Å². The standard InChI is InChI=1S/C22H19ClN2O3/c1-15-5-4-6-18(13-15)28-17-11-9-16(10-12-17)25-21(26)14-24-22(27)19-7-2-3-8-20(19)23/h2-13H,14H2,1H3,(H,24,27)(H,25,26). The molecule has 0 aliphatic rings. The molecular weight excluding hydrogens is 376 g/mol. The average molecular weight is 395 g/mol. The number of carbonyl (C=O) groups excluding carboxylic acids is 2. The summed E-state index contributed by atoms with van der Waals surface area (Å²) in [4.78, 5) is 24.1. The average Bonchev–Trinajstić information content (AvgIpc) is 2.68.